The molecule has 10 nitrogen and oxygen atoms in total. The quantitative estimate of drug-likeness (QED) is 0.528. The van der Waals surface area contributed by atoms with E-state index < -0.39 is 16.7 Å². The van der Waals surface area contributed by atoms with Crippen molar-refractivity contribution in [3.63, 3.8) is 0 Å². The first kappa shape index (κ1) is 19.1. The Morgan fingerprint density at radius 1 is 1.35 bits per heavy atom. The van der Waals surface area contributed by atoms with Crippen molar-refractivity contribution < 1.29 is 14.5 Å². The number of benzene rings is 1. The van der Waals surface area contributed by atoms with E-state index >= 15 is 0 Å². The second-order valence-electron chi connectivity index (χ2n) is 5.83. The maximum atomic E-state index is 12.0. The Morgan fingerprint density at radius 2 is 2.12 bits per heavy atom. The van der Waals surface area contributed by atoms with E-state index in [4.69, 9.17) is 0 Å². The van der Waals surface area contributed by atoms with Crippen molar-refractivity contribution in [2.75, 3.05) is 32.5 Å². The van der Waals surface area contributed by atoms with Gasteiger partial charge in [-0.3, -0.25) is 24.4 Å². The van der Waals surface area contributed by atoms with E-state index in [1.807, 2.05) is 19.0 Å². The third kappa shape index (κ3) is 5.67. The minimum atomic E-state index is -0.586. The zero-order chi connectivity index (χ0) is 19.1. The molecule has 26 heavy (non-hydrogen) atoms. The van der Waals surface area contributed by atoms with E-state index in [1.54, 1.807) is 10.9 Å². The van der Waals surface area contributed by atoms with Crippen LogP contribution in [0.3, 0.4) is 0 Å². The van der Waals surface area contributed by atoms with Gasteiger partial charge in [-0.1, -0.05) is 6.07 Å². The fourth-order valence-corrected chi connectivity index (χ4v) is 2.08. The molecule has 1 heterocycles. The summed E-state index contributed by atoms with van der Waals surface area (Å²) in [6.45, 7) is 1.24. The number of aromatic nitrogens is 2. The largest absolute Gasteiger partial charge is 0.343 e. The number of anilines is 1. The molecule has 0 fully saturated rings. The van der Waals surface area contributed by atoms with Gasteiger partial charge in [-0.05, 0) is 20.2 Å². The van der Waals surface area contributed by atoms with Crippen molar-refractivity contribution in [2.24, 2.45) is 0 Å². The number of nitro groups is 1. The summed E-state index contributed by atoms with van der Waals surface area (Å²) in [6.07, 6.45) is 3.22. The third-order valence-electron chi connectivity index (χ3n) is 3.42. The summed E-state index contributed by atoms with van der Waals surface area (Å²) < 4.78 is 1.71. The fraction of sp³-hybridized carbons (Fsp3) is 0.312. The van der Waals surface area contributed by atoms with Gasteiger partial charge in [0.15, 0.2) is 0 Å². The van der Waals surface area contributed by atoms with E-state index in [0.29, 0.717) is 12.2 Å². The summed E-state index contributed by atoms with van der Waals surface area (Å²) in [5, 5.41) is 19.9. The molecule has 0 bridgehead atoms. The normalized spacial score (nSPS) is 10.6. The van der Waals surface area contributed by atoms with Crippen LogP contribution in [0.1, 0.15) is 10.4 Å². The Bertz CT molecular complexity index is 802. The molecule has 10 heteroatoms. The van der Waals surface area contributed by atoms with Crippen LogP contribution in [0.5, 0.6) is 0 Å². The second-order valence-corrected chi connectivity index (χ2v) is 5.83. The van der Waals surface area contributed by atoms with Crippen LogP contribution >= 0.6 is 0 Å². The van der Waals surface area contributed by atoms with E-state index in [0.717, 1.165) is 12.6 Å². The first-order chi connectivity index (χ1) is 12.3. The monoisotopic (exact) mass is 360 g/mol. The first-order valence-corrected chi connectivity index (χ1v) is 7.85. The van der Waals surface area contributed by atoms with Crippen LogP contribution in [-0.2, 0) is 11.3 Å². The minimum Gasteiger partial charge on any atom is -0.343 e. The summed E-state index contributed by atoms with van der Waals surface area (Å²) in [4.78, 5) is 36.1. The summed E-state index contributed by atoms with van der Waals surface area (Å²) in [7, 11) is 3.91. The van der Waals surface area contributed by atoms with E-state index in [-0.39, 0.29) is 17.8 Å². The third-order valence-corrected chi connectivity index (χ3v) is 3.42. The van der Waals surface area contributed by atoms with Crippen LogP contribution in [0.2, 0.25) is 0 Å². The number of hydrogen-bond acceptors (Lipinski definition) is 6. The fourth-order valence-electron chi connectivity index (χ4n) is 2.08. The van der Waals surface area contributed by atoms with Gasteiger partial charge >= 0.3 is 0 Å². The average Bonchev–Trinajstić information content (AvgIpc) is 3.05. The SMILES string of the molecule is CN(C)CCn1cc(NC(=O)CNC(=O)c2cccc([N+](=O)[O-])c2)cn1. The van der Waals surface area contributed by atoms with Crippen LogP contribution in [0, 0.1) is 10.1 Å². The zero-order valence-electron chi connectivity index (χ0n) is 14.5. The predicted octanol–water partition coefficient (Wildman–Crippen LogP) is 0.721. The lowest BCUT2D eigenvalue weighted by Gasteiger charge is -2.08. The Hall–Kier alpha value is -3.27. The van der Waals surface area contributed by atoms with E-state index in [2.05, 4.69) is 15.7 Å². The highest BCUT2D eigenvalue weighted by Crippen LogP contribution is 2.12. The molecule has 0 radical (unpaired) electrons. The number of non-ortho nitro benzene ring substituents is 1. The van der Waals surface area contributed by atoms with Crippen LogP contribution in [0.25, 0.3) is 0 Å². The molecule has 0 saturated carbocycles. The molecule has 2 rings (SSSR count). The number of likely N-dealkylation sites (N-methyl/N-ethyl adjacent to an activating group) is 1. The topological polar surface area (TPSA) is 122 Å². The lowest BCUT2D eigenvalue weighted by Crippen LogP contribution is -2.32. The molecule has 0 spiro atoms. The van der Waals surface area contributed by atoms with Gasteiger partial charge in [0.1, 0.15) is 0 Å². The highest BCUT2D eigenvalue weighted by atomic mass is 16.6. The molecule has 2 N–H and O–H groups in total. The highest BCUT2D eigenvalue weighted by molar-refractivity contribution is 5.99. The van der Waals surface area contributed by atoms with Crippen LogP contribution in [-0.4, -0.2) is 58.6 Å². The number of nitro benzene ring substituents is 1. The molecule has 2 aromatic rings. The number of nitrogens with one attached hydrogen (secondary N) is 2. The Labute approximate surface area is 149 Å². The molecule has 2 amide bonds. The van der Waals surface area contributed by atoms with Gasteiger partial charge in [-0.2, -0.15) is 5.10 Å². The summed E-state index contributed by atoms with van der Waals surface area (Å²) in [6, 6.07) is 5.30. The number of carbonyl (C=O) groups excluding carboxylic acids is 2. The molecular formula is C16H20N6O4. The number of carbonyl (C=O) groups is 2. The summed E-state index contributed by atoms with van der Waals surface area (Å²) >= 11 is 0. The maximum Gasteiger partial charge on any atom is 0.270 e. The number of nitrogens with zero attached hydrogens (tertiary/aromatic N) is 4. The van der Waals surface area contributed by atoms with Gasteiger partial charge < -0.3 is 15.5 Å². The van der Waals surface area contributed by atoms with Crippen molar-refractivity contribution in [1.29, 1.82) is 0 Å². The Balaban J connectivity index is 1.84. The van der Waals surface area contributed by atoms with Crippen molar-refractivity contribution in [2.45, 2.75) is 6.54 Å². The average molecular weight is 360 g/mol. The van der Waals surface area contributed by atoms with Gasteiger partial charge in [0, 0.05) is 30.4 Å². The second kappa shape index (κ2) is 8.72. The molecule has 1 aromatic carbocycles. The maximum absolute atomic E-state index is 12.0. The van der Waals surface area contributed by atoms with Crippen LogP contribution < -0.4 is 10.6 Å². The van der Waals surface area contributed by atoms with Gasteiger partial charge in [-0.25, -0.2) is 0 Å². The number of rotatable bonds is 8. The first-order valence-electron chi connectivity index (χ1n) is 7.85. The zero-order valence-corrected chi connectivity index (χ0v) is 14.5. The lowest BCUT2D eigenvalue weighted by molar-refractivity contribution is -0.384. The minimum absolute atomic E-state index is 0.114. The molecule has 0 aliphatic carbocycles. The standard InChI is InChI=1S/C16H20N6O4/c1-20(2)6-7-21-11-13(9-18-21)19-15(23)10-17-16(24)12-4-3-5-14(8-12)22(25)26/h3-5,8-9,11H,6-7,10H2,1-2H3,(H,17,24)(H,19,23). The van der Waals surface area contributed by atoms with Crippen molar-refractivity contribution in [3.05, 3.63) is 52.3 Å². The molecule has 0 unspecified atom stereocenters. The van der Waals surface area contributed by atoms with Crippen LogP contribution in [0.15, 0.2) is 36.7 Å². The molecule has 0 saturated heterocycles. The summed E-state index contributed by atoms with van der Waals surface area (Å²) in [5.41, 5.74) is 0.453. The van der Waals surface area contributed by atoms with E-state index in [1.165, 1.54) is 24.4 Å². The number of amides is 2. The van der Waals surface area contributed by atoms with Gasteiger partial charge in [0.25, 0.3) is 11.6 Å². The Kier molecular flexibility index (Phi) is 6.39. The Morgan fingerprint density at radius 3 is 2.81 bits per heavy atom. The molecule has 0 aliphatic rings. The molecule has 0 atom stereocenters. The van der Waals surface area contributed by atoms with Crippen molar-refractivity contribution in [3.8, 4) is 0 Å². The molecule has 0 aliphatic heterocycles. The van der Waals surface area contributed by atoms with Crippen molar-refractivity contribution >= 4 is 23.2 Å². The molecule has 1 aromatic heterocycles. The molecular weight excluding hydrogens is 340 g/mol. The van der Waals surface area contributed by atoms with Gasteiger partial charge in [-0.15, -0.1) is 0 Å². The van der Waals surface area contributed by atoms with Crippen molar-refractivity contribution in [1.82, 2.24) is 20.0 Å². The van der Waals surface area contributed by atoms with Crippen LogP contribution in [0.4, 0.5) is 11.4 Å². The summed E-state index contributed by atoms with van der Waals surface area (Å²) in [5.74, 6) is -0.985. The lowest BCUT2D eigenvalue weighted by atomic mass is 10.2. The van der Waals surface area contributed by atoms with Gasteiger partial charge in [0.05, 0.1) is 29.9 Å². The van der Waals surface area contributed by atoms with Gasteiger partial charge in [0.2, 0.25) is 5.91 Å². The smallest absolute Gasteiger partial charge is 0.270 e. The number of hydrogen-bond donors (Lipinski definition) is 2. The van der Waals surface area contributed by atoms with E-state index in [9.17, 15) is 19.7 Å². The highest BCUT2D eigenvalue weighted by Gasteiger charge is 2.13. The molecule has 138 valence electrons. The predicted molar refractivity (Wildman–Crippen MR) is 94.8 cm³/mol.